The van der Waals surface area contributed by atoms with E-state index in [4.69, 9.17) is 9.16 Å². The molecule has 0 spiro atoms. The Kier molecular flexibility index (Phi) is 6.38. The Bertz CT molecular complexity index is 681. The number of hydrogen-bond donors (Lipinski definition) is 1. The zero-order chi connectivity index (χ0) is 18.5. The summed E-state index contributed by atoms with van der Waals surface area (Å²) in [4.78, 5) is 4.29. The summed E-state index contributed by atoms with van der Waals surface area (Å²) < 4.78 is 12.1. The summed E-state index contributed by atoms with van der Waals surface area (Å²) in [6.07, 6.45) is 1.71. The number of ether oxygens (including phenoxy) is 1. The van der Waals surface area contributed by atoms with Gasteiger partial charge in [0.25, 0.3) is 0 Å². The quantitative estimate of drug-likeness (QED) is 0.730. The highest BCUT2D eigenvalue weighted by Gasteiger charge is 2.37. The summed E-state index contributed by atoms with van der Waals surface area (Å²) >= 11 is 0. The molecular formula is C20H29NO3Si. The van der Waals surface area contributed by atoms with Gasteiger partial charge in [-0.25, -0.2) is 4.98 Å². The fourth-order valence-electron chi connectivity index (χ4n) is 2.14. The summed E-state index contributed by atoms with van der Waals surface area (Å²) in [5.41, 5.74) is 2.71. The van der Waals surface area contributed by atoms with Crippen molar-refractivity contribution in [2.45, 2.75) is 58.7 Å². The van der Waals surface area contributed by atoms with E-state index in [-0.39, 0.29) is 11.6 Å². The van der Waals surface area contributed by atoms with E-state index >= 15 is 0 Å². The van der Waals surface area contributed by atoms with Gasteiger partial charge in [-0.3, -0.25) is 0 Å². The van der Waals surface area contributed by atoms with Crippen molar-refractivity contribution in [2.75, 3.05) is 0 Å². The van der Waals surface area contributed by atoms with Crippen LogP contribution in [0.2, 0.25) is 18.1 Å². The zero-order valence-electron chi connectivity index (χ0n) is 15.9. The molecule has 0 aliphatic heterocycles. The normalized spacial score (nSPS) is 12.2. The molecule has 5 heteroatoms. The van der Waals surface area contributed by atoms with Crippen LogP contribution in [-0.2, 0) is 24.2 Å². The minimum atomic E-state index is -1.85. The van der Waals surface area contributed by atoms with Crippen molar-refractivity contribution in [1.82, 2.24) is 4.98 Å². The Morgan fingerprint density at radius 2 is 1.72 bits per heavy atom. The number of aliphatic hydroxyl groups excluding tert-OH is 1. The van der Waals surface area contributed by atoms with Crippen molar-refractivity contribution >= 4 is 8.32 Å². The Hall–Kier alpha value is -1.69. The van der Waals surface area contributed by atoms with E-state index in [0.29, 0.717) is 24.7 Å². The lowest BCUT2D eigenvalue weighted by atomic mass is 10.1. The molecule has 2 aromatic rings. The van der Waals surface area contributed by atoms with Gasteiger partial charge < -0.3 is 14.3 Å². The second-order valence-electron chi connectivity index (χ2n) is 7.74. The smallest absolute Gasteiger partial charge is 0.219 e. The third-order valence-corrected chi connectivity index (χ3v) is 9.36. The Morgan fingerprint density at radius 3 is 2.32 bits per heavy atom. The Morgan fingerprint density at radius 1 is 1.04 bits per heavy atom. The molecule has 0 aliphatic carbocycles. The SMILES string of the molecule is CC(C)(C)[Si](C)(C)OCc1ccnc(OCc2ccccc2)c1CO. The van der Waals surface area contributed by atoms with Crippen LogP contribution in [0.3, 0.4) is 0 Å². The monoisotopic (exact) mass is 359 g/mol. The summed E-state index contributed by atoms with van der Waals surface area (Å²) in [5.74, 6) is 0.475. The third kappa shape index (κ3) is 5.14. The minimum Gasteiger partial charge on any atom is -0.473 e. The largest absolute Gasteiger partial charge is 0.473 e. The summed E-state index contributed by atoms with van der Waals surface area (Å²) in [6.45, 7) is 11.9. The van der Waals surface area contributed by atoms with Gasteiger partial charge in [0.05, 0.1) is 13.2 Å². The van der Waals surface area contributed by atoms with Crippen LogP contribution in [0.1, 0.15) is 37.5 Å². The average Bonchev–Trinajstić information content (AvgIpc) is 2.58. The molecule has 0 amide bonds. The van der Waals surface area contributed by atoms with Crippen LogP contribution in [0.25, 0.3) is 0 Å². The van der Waals surface area contributed by atoms with Crippen molar-refractivity contribution in [3.8, 4) is 5.88 Å². The fraction of sp³-hybridized carbons (Fsp3) is 0.450. The van der Waals surface area contributed by atoms with Gasteiger partial charge in [-0.1, -0.05) is 51.1 Å². The summed E-state index contributed by atoms with van der Waals surface area (Å²) in [6, 6.07) is 11.8. The standard InChI is InChI=1S/C20H29NO3Si/c1-20(2,3)25(4,5)24-15-17-11-12-21-19(18(17)13-22)23-14-16-9-7-6-8-10-16/h6-12,22H,13-15H2,1-5H3. The van der Waals surface area contributed by atoms with E-state index in [2.05, 4.69) is 38.8 Å². The van der Waals surface area contributed by atoms with Gasteiger partial charge in [0.2, 0.25) is 5.88 Å². The molecule has 2 rings (SSSR count). The van der Waals surface area contributed by atoms with E-state index in [1.165, 1.54) is 0 Å². The minimum absolute atomic E-state index is 0.117. The van der Waals surface area contributed by atoms with Crippen molar-refractivity contribution in [1.29, 1.82) is 0 Å². The molecule has 136 valence electrons. The highest BCUT2D eigenvalue weighted by atomic mass is 28.4. The molecule has 0 radical (unpaired) electrons. The van der Waals surface area contributed by atoms with Crippen LogP contribution < -0.4 is 4.74 Å². The first-order valence-electron chi connectivity index (χ1n) is 8.63. The first-order valence-corrected chi connectivity index (χ1v) is 11.5. The van der Waals surface area contributed by atoms with Crippen LogP contribution in [0.4, 0.5) is 0 Å². The molecule has 1 aromatic carbocycles. The maximum absolute atomic E-state index is 9.82. The summed E-state index contributed by atoms with van der Waals surface area (Å²) in [7, 11) is -1.85. The fourth-order valence-corrected chi connectivity index (χ4v) is 3.09. The predicted octanol–water partition coefficient (Wildman–Crippen LogP) is 4.67. The molecule has 1 aromatic heterocycles. The van der Waals surface area contributed by atoms with E-state index in [1.807, 2.05) is 36.4 Å². The molecule has 0 atom stereocenters. The molecule has 0 saturated carbocycles. The second-order valence-corrected chi connectivity index (χ2v) is 12.5. The van der Waals surface area contributed by atoms with E-state index in [9.17, 15) is 5.11 Å². The zero-order valence-corrected chi connectivity index (χ0v) is 16.9. The third-order valence-electron chi connectivity index (χ3n) is 4.88. The molecule has 0 saturated heterocycles. The average molecular weight is 360 g/mol. The van der Waals surface area contributed by atoms with Gasteiger partial charge >= 0.3 is 0 Å². The van der Waals surface area contributed by atoms with Crippen LogP contribution in [-0.4, -0.2) is 18.4 Å². The second kappa shape index (κ2) is 8.12. The van der Waals surface area contributed by atoms with Gasteiger partial charge in [-0.05, 0) is 35.3 Å². The van der Waals surface area contributed by atoms with Crippen LogP contribution in [0.15, 0.2) is 42.6 Å². The van der Waals surface area contributed by atoms with Gasteiger partial charge in [-0.15, -0.1) is 0 Å². The molecule has 0 unspecified atom stereocenters. The number of aromatic nitrogens is 1. The number of aliphatic hydroxyl groups is 1. The van der Waals surface area contributed by atoms with Gasteiger partial charge in [0.1, 0.15) is 6.61 Å². The number of pyridine rings is 1. The maximum atomic E-state index is 9.82. The van der Waals surface area contributed by atoms with Crippen LogP contribution >= 0.6 is 0 Å². The van der Waals surface area contributed by atoms with Crippen molar-refractivity contribution in [3.63, 3.8) is 0 Å². The van der Waals surface area contributed by atoms with E-state index in [0.717, 1.165) is 11.1 Å². The van der Waals surface area contributed by atoms with E-state index < -0.39 is 8.32 Å². The molecule has 0 bridgehead atoms. The lowest BCUT2D eigenvalue weighted by Gasteiger charge is -2.36. The first-order chi connectivity index (χ1) is 11.7. The first kappa shape index (κ1) is 19.6. The number of rotatable bonds is 7. The highest BCUT2D eigenvalue weighted by Crippen LogP contribution is 2.37. The molecule has 4 nitrogen and oxygen atoms in total. The van der Waals surface area contributed by atoms with Crippen molar-refractivity contribution in [2.24, 2.45) is 0 Å². The lowest BCUT2D eigenvalue weighted by Crippen LogP contribution is -2.40. The van der Waals surface area contributed by atoms with Crippen molar-refractivity contribution in [3.05, 3.63) is 59.3 Å². The van der Waals surface area contributed by atoms with Gasteiger partial charge in [0, 0.05) is 11.8 Å². The molecule has 0 fully saturated rings. The molecule has 1 heterocycles. The lowest BCUT2D eigenvalue weighted by molar-refractivity contribution is 0.239. The number of hydrogen-bond acceptors (Lipinski definition) is 4. The van der Waals surface area contributed by atoms with Gasteiger partial charge in [-0.2, -0.15) is 0 Å². The van der Waals surface area contributed by atoms with Crippen molar-refractivity contribution < 1.29 is 14.3 Å². The molecule has 1 N–H and O–H groups in total. The molecule has 0 aliphatic rings. The summed E-state index contributed by atoms with van der Waals surface area (Å²) in [5, 5.41) is 9.97. The maximum Gasteiger partial charge on any atom is 0.219 e. The predicted molar refractivity (Wildman–Crippen MR) is 103 cm³/mol. The van der Waals surface area contributed by atoms with Crippen LogP contribution in [0.5, 0.6) is 5.88 Å². The highest BCUT2D eigenvalue weighted by molar-refractivity contribution is 6.74. The van der Waals surface area contributed by atoms with Crippen LogP contribution in [0, 0.1) is 0 Å². The molecule has 25 heavy (non-hydrogen) atoms. The van der Waals surface area contributed by atoms with Gasteiger partial charge in [0.15, 0.2) is 8.32 Å². The molecular weight excluding hydrogens is 330 g/mol. The Balaban J connectivity index is 2.12. The number of nitrogens with zero attached hydrogens (tertiary/aromatic N) is 1. The Labute approximate surface area is 152 Å². The topological polar surface area (TPSA) is 51.6 Å². The van der Waals surface area contributed by atoms with E-state index in [1.54, 1.807) is 6.20 Å². The number of benzene rings is 1.